The van der Waals surface area contributed by atoms with Gasteiger partial charge < -0.3 is 5.11 Å². The fourth-order valence-corrected chi connectivity index (χ4v) is 1.37. The third-order valence-electron chi connectivity index (χ3n) is 2.09. The molecule has 2 rings (SSSR count). The summed E-state index contributed by atoms with van der Waals surface area (Å²) in [6, 6.07) is 5.14. The van der Waals surface area contributed by atoms with Crippen LogP contribution in [-0.4, -0.2) is 31.3 Å². The molecule has 9 heteroatoms. The number of benzene rings is 1. The molecule has 0 atom stereocenters. The predicted molar refractivity (Wildman–Crippen MR) is 51.1 cm³/mol. The largest absolute Gasteiger partial charge is 0.478 e. The Morgan fingerprint density at radius 3 is 2.56 bits per heavy atom. The normalized spacial score (nSPS) is 11.5. The minimum Gasteiger partial charge on any atom is -0.478 e. The number of aromatic carboxylic acids is 1. The highest BCUT2D eigenvalue weighted by Crippen LogP contribution is 2.28. The summed E-state index contributed by atoms with van der Waals surface area (Å²) in [5.74, 6) is -2.74. The molecule has 1 N–H and O–H groups in total. The summed E-state index contributed by atoms with van der Waals surface area (Å²) in [7, 11) is 0. The molecule has 0 spiro atoms. The van der Waals surface area contributed by atoms with E-state index in [0.717, 1.165) is 0 Å². The minimum atomic E-state index is -4.77. The van der Waals surface area contributed by atoms with Crippen LogP contribution in [-0.2, 0) is 6.18 Å². The van der Waals surface area contributed by atoms with Gasteiger partial charge in [-0.25, -0.2) is 4.79 Å². The van der Waals surface area contributed by atoms with Crippen LogP contribution in [0.25, 0.3) is 5.69 Å². The Labute approximate surface area is 97.7 Å². The van der Waals surface area contributed by atoms with Crippen LogP contribution in [0.4, 0.5) is 13.2 Å². The van der Waals surface area contributed by atoms with Gasteiger partial charge in [-0.3, -0.25) is 0 Å². The zero-order valence-electron chi connectivity index (χ0n) is 8.59. The van der Waals surface area contributed by atoms with Crippen LogP contribution in [0.3, 0.4) is 0 Å². The Balaban J connectivity index is 2.64. The number of halogens is 3. The number of tetrazole rings is 1. The van der Waals surface area contributed by atoms with Crippen LogP contribution >= 0.6 is 0 Å². The molecule has 6 nitrogen and oxygen atoms in total. The maximum Gasteiger partial charge on any atom is 0.453 e. The molecule has 1 heterocycles. The Hall–Kier alpha value is -2.45. The molecule has 18 heavy (non-hydrogen) atoms. The highest BCUT2D eigenvalue weighted by molar-refractivity contribution is 5.91. The lowest BCUT2D eigenvalue weighted by molar-refractivity contribution is -0.146. The molecule has 0 fully saturated rings. The topological polar surface area (TPSA) is 80.9 Å². The summed E-state index contributed by atoms with van der Waals surface area (Å²) in [4.78, 5) is 10.9. The van der Waals surface area contributed by atoms with Crippen LogP contribution in [0.1, 0.15) is 16.2 Å². The zero-order chi connectivity index (χ0) is 13.3. The number of carbonyl (C=O) groups is 1. The van der Waals surface area contributed by atoms with E-state index in [-0.39, 0.29) is 11.3 Å². The van der Waals surface area contributed by atoms with Crippen molar-refractivity contribution < 1.29 is 23.1 Å². The Kier molecular flexibility index (Phi) is 2.73. The third kappa shape index (κ3) is 2.01. The summed E-state index contributed by atoms with van der Waals surface area (Å²) in [6.07, 6.45) is -4.77. The Bertz CT molecular complexity index is 593. The molecular formula is C9H5F3N4O2. The molecule has 0 aliphatic rings. The summed E-state index contributed by atoms with van der Waals surface area (Å²) >= 11 is 0. The standard InChI is InChI=1S/C9H5F3N4O2/c10-9(11,12)8-13-14-15-16(8)6-4-2-1-3-5(6)7(17)18/h1-4H,(H,17,18). The van der Waals surface area contributed by atoms with E-state index in [2.05, 4.69) is 15.5 Å². The molecule has 94 valence electrons. The maximum atomic E-state index is 12.6. The van der Waals surface area contributed by atoms with Gasteiger partial charge in [0.05, 0.1) is 11.3 Å². The fraction of sp³-hybridized carbons (Fsp3) is 0.111. The molecular weight excluding hydrogens is 253 g/mol. The first kappa shape index (κ1) is 12.0. The molecule has 0 unspecified atom stereocenters. The van der Waals surface area contributed by atoms with Crippen LogP contribution in [0.5, 0.6) is 0 Å². The van der Waals surface area contributed by atoms with E-state index in [0.29, 0.717) is 4.68 Å². The lowest BCUT2D eigenvalue weighted by atomic mass is 10.2. The van der Waals surface area contributed by atoms with Gasteiger partial charge in [-0.1, -0.05) is 12.1 Å². The van der Waals surface area contributed by atoms with Crippen LogP contribution in [0.2, 0.25) is 0 Å². The first-order valence-corrected chi connectivity index (χ1v) is 4.59. The monoisotopic (exact) mass is 258 g/mol. The molecule has 2 aromatic rings. The lowest BCUT2D eigenvalue weighted by Crippen LogP contribution is -2.16. The van der Waals surface area contributed by atoms with Gasteiger partial charge in [-0.2, -0.15) is 17.9 Å². The highest BCUT2D eigenvalue weighted by Gasteiger charge is 2.39. The van der Waals surface area contributed by atoms with E-state index in [1.54, 1.807) is 0 Å². The van der Waals surface area contributed by atoms with Gasteiger partial charge in [-0.15, -0.1) is 5.10 Å². The van der Waals surface area contributed by atoms with Crippen molar-refractivity contribution >= 4 is 5.97 Å². The van der Waals surface area contributed by atoms with Crippen molar-refractivity contribution in [1.82, 2.24) is 20.2 Å². The van der Waals surface area contributed by atoms with Crippen molar-refractivity contribution in [3.8, 4) is 5.69 Å². The first-order chi connectivity index (χ1) is 8.41. The van der Waals surface area contributed by atoms with Crippen molar-refractivity contribution in [2.24, 2.45) is 0 Å². The van der Waals surface area contributed by atoms with Crippen LogP contribution in [0, 0.1) is 0 Å². The van der Waals surface area contributed by atoms with E-state index in [1.807, 2.05) is 0 Å². The molecule has 0 amide bonds. The molecule has 0 saturated heterocycles. The van der Waals surface area contributed by atoms with E-state index >= 15 is 0 Å². The molecule has 1 aromatic heterocycles. The van der Waals surface area contributed by atoms with E-state index in [9.17, 15) is 18.0 Å². The van der Waals surface area contributed by atoms with E-state index < -0.39 is 18.0 Å². The average molecular weight is 258 g/mol. The van der Waals surface area contributed by atoms with Gasteiger partial charge in [0.25, 0.3) is 5.82 Å². The quantitative estimate of drug-likeness (QED) is 0.880. The van der Waals surface area contributed by atoms with Gasteiger partial charge in [0.1, 0.15) is 0 Å². The number of aromatic nitrogens is 4. The zero-order valence-corrected chi connectivity index (χ0v) is 8.59. The Morgan fingerprint density at radius 2 is 1.94 bits per heavy atom. The number of nitrogens with zero attached hydrogens (tertiary/aromatic N) is 4. The van der Waals surface area contributed by atoms with Crippen molar-refractivity contribution in [1.29, 1.82) is 0 Å². The highest BCUT2D eigenvalue weighted by atomic mass is 19.4. The van der Waals surface area contributed by atoms with E-state index in [4.69, 9.17) is 5.11 Å². The Morgan fingerprint density at radius 1 is 1.28 bits per heavy atom. The number of alkyl halides is 3. The second kappa shape index (κ2) is 4.09. The van der Waals surface area contributed by atoms with Gasteiger partial charge in [-0.05, 0) is 22.6 Å². The SMILES string of the molecule is O=C(O)c1ccccc1-n1nnnc1C(F)(F)F. The minimum absolute atomic E-state index is 0.248. The number of carboxylic acids is 1. The number of hydrogen-bond acceptors (Lipinski definition) is 4. The number of rotatable bonds is 2. The van der Waals surface area contributed by atoms with Crippen LogP contribution in [0.15, 0.2) is 24.3 Å². The fourth-order valence-electron chi connectivity index (χ4n) is 1.37. The third-order valence-corrected chi connectivity index (χ3v) is 2.09. The average Bonchev–Trinajstić information content (AvgIpc) is 2.77. The van der Waals surface area contributed by atoms with E-state index in [1.165, 1.54) is 24.3 Å². The van der Waals surface area contributed by atoms with Gasteiger partial charge in [0, 0.05) is 0 Å². The maximum absolute atomic E-state index is 12.6. The first-order valence-electron chi connectivity index (χ1n) is 4.59. The second-order valence-corrected chi connectivity index (χ2v) is 3.23. The molecule has 0 aliphatic carbocycles. The molecule has 0 aliphatic heterocycles. The van der Waals surface area contributed by atoms with Crippen molar-refractivity contribution in [3.63, 3.8) is 0 Å². The molecule has 0 bridgehead atoms. The van der Waals surface area contributed by atoms with Crippen molar-refractivity contribution in [2.45, 2.75) is 6.18 Å². The predicted octanol–water partition coefficient (Wildman–Crippen LogP) is 1.38. The smallest absolute Gasteiger partial charge is 0.453 e. The summed E-state index contributed by atoms with van der Waals surface area (Å²) in [5, 5.41) is 17.8. The molecule has 0 radical (unpaired) electrons. The van der Waals surface area contributed by atoms with Crippen molar-refractivity contribution in [3.05, 3.63) is 35.7 Å². The van der Waals surface area contributed by atoms with Gasteiger partial charge in [0.15, 0.2) is 0 Å². The van der Waals surface area contributed by atoms with Gasteiger partial charge in [0.2, 0.25) is 0 Å². The van der Waals surface area contributed by atoms with Gasteiger partial charge >= 0.3 is 12.1 Å². The van der Waals surface area contributed by atoms with Crippen LogP contribution < -0.4 is 0 Å². The summed E-state index contributed by atoms with van der Waals surface area (Å²) in [5.41, 5.74) is -0.572. The number of hydrogen-bond donors (Lipinski definition) is 1. The molecule has 0 saturated carbocycles. The van der Waals surface area contributed by atoms with Crippen molar-refractivity contribution in [2.75, 3.05) is 0 Å². The number of carboxylic acid groups (broad SMARTS) is 1. The number of para-hydroxylation sites is 1. The molecule has 1 aromatic carbocycles. The summed E-state index contributed by atoms with van der Waals surface area (Å²) in [6.45, 7) is 0. The summed E-state index contributed by atoms with van der Waals surface area (Å²) < 4.78 is 38.1. The second-order valence-electron chi connectivity index (χ2n) is 3.23. The lowest BCUT2D eigenvalue weighted by Gasteiger charge is -2.09.